The Morgan fingerprint density at radius 3 is 2.62 bits per heavy atom. The molecule has 29 heavy (non-hydrogen) atoms. The minimum absolute atomic E-state index is 0.0655. The largest absolute Gasteiger partial charge is 0.436 e. The van der Waals surface area contributed by atoms with Crippen molar-refractivity contribution in [3.05, 3.63) is 48.0 Å². The standard InChI is InChI=1S/C23H27N3O2S/c1-4-6-7-21(27)26-23(29)24-18-11-8-16(9-12-18)22-25-19-14-17(15(3)5-2)10-13-20(19)28-22/h8-15H,4-7H2,1-3H3,(H2,24,26,27,29)/t15-/m1/s1. The fraction of sp³-hybridized carbons (Fsp3) is 0.348. The Labute approximate surface area is 176 Å². The molecule has 1 heterocycles. The van der Waals surface area contributed by atoms with Crippen molar-refractivity contribution < 1.29 is 9.21 Å². The van der Waals surface area contributed by atoms with Crippen LogP contribution in [0, 0.1) is 0 Å². The normalized spacial score (nSPS) is 12.0. The topological polar surface area (TPSA) is 67.2 Å². The van der Waals surface area contributed by atoms with Crippen molar-refractivity contribution in [1.82, 2.24) is 10.3 Å². The highest BCUT2D eigenvalue weighted by Gasteiger charge is 2.11. The molecule has 152 valence electrons. The van der Waals surface area contributed by atoms with Crippen LogP contribution in [0.2, 0.25) is 0 Å². The molecule has 1 atom stereocenters. The van der Waals surface area contributed by atoms with E-state index in [1.165, 1.54) is 5.56 Å². The minimum atomic E-state index is -0.0655. The van der Waals surface area contributed by atoms with Crippen LogP contribution in [0.5, 0.6) is 0 Å². The van der Waals surface area contributed by atoms with Crippen molar-refractivity contribution >= 4 is 40.0 Å². The first-order chi connectivity index (χ1) is 14.0. The smallest absolute Gasteiger partial charge is 0.227 e. The van der Waals surface area contributed by atoms with Gasteiger partial charge in [0.2, 0.25) is 11.8 Å². The van der Waals surface area contributed by atoms with Crippen molar-refractivity contribution in [2.24, 2.45) is 0 Å². The van der Waals surface area contributed by atoms with E-state index in [-0.39, 0.29) is 5.91 Å². The molecule has 1 amide bonds. The summed E-state index contributed by atoms with van der Waals surface area (Å²) in [5, 5.41) is 6.03. The van der Waals surface area contributed by atoms with E-state index >= 15 is 0 Å². The average Bonchev–Trinajstić information content (AvgIpc) is 3.15. The fourth-order valence-electron chi connectivity index (χ4n) is 3.00. The van der Waals surface area contributed by atoms with Crippen LogP contribution in [0.4, 0.5) is 5.69 Å². The number of fused-ring (bicyclic) bond motifs is 1. The third-order valence-electron chi connectivity index (χ3n) is 4.99. The number of carbonyl (C=O) groups is 1. The summed E-state index contributed by atoms with van der Waals surface area (Å²) in [7, 11) is 0. The third-order valence-corrected chi connectivity index (χ3v) is 5.20. The van der Waals surface area contributed by atoms with Gasteiger partial charge in [0.25, 0.3) is 0 Å². The van der Waals surface area contributed by atoms with E-state index in [1.807, 2.05) is 37.3 Å². The Morgan fingerprint density at radius 2 is 1.93 bits per heavy atom. The lowest BCUT2D eigenvalue weighted by molar-refractivity contribution is -0.119. The van der Waals surface area contributed by atoms with Crippen molar-refractivity contribution in [3.63, 3.8) is 0 Å². The second-order valence-electron chi connectivity index (χ2n) is 7.24. The summed E-state index contributed by atoms with van der Waals surface area (Å²) < 4.78 is 5.92. The summed E-state index contributed by atoms with van der Waals surface area (Å²) in [6.45, 7) is 6.44. The van der Waals surface area contributed by atoms with Gasteiger partial charge in [-0.1, -0.05) is 33.3 Å². The van der Waals surface area contributed by atoms with E-state index in [1.54, 1.807) is 0 Å². The zero-order chi connectivity index (χ0) is 20.8. The van der Waals surface area contributed by atoms with E-state index < -0.39 is 0 Å². The van der Waals surface area contributed by atoms with E-state index in [9.17, 15) is 4.79 Å². The van der Waals surface area contributed by atoms with Gasteiger partial charge in [0, 0.05) is 17.7 Å². The number of benzene rings is 2. The molecule has 0 radical (unpaired) electrons. The molecule has 5 nitrogen and oxygen atoms in total. The van der Waals surface area contributed by atoms with Gasteiger partial charge in [0.05, 0.1) is 0 Å². The number of carbonyl (C=O) groups excluding carboxylic acids is 1. The quantitative estimate of drug-likeness (QED) is 0.468. The molecule has 0 unspecified atom stereocenters. The van der Waals surface area contributed by atoms with E-state index in [2.05, 4.69) is 41.6 Å². The van der Waals surface area contributed by atoms with Gasteiger partial charge in [-0.2, -0.15) is 0 Å². The molecule has 2 N–H and O–H groups in total. The van der Waals surface area contributed by atoms with Crippen LogP contribution < -0.4 is 10.6 Å². The molecule has 0 aliphatic heterocycles. The monoisotopic (exact) mass is 409 g/mol. The summed E-state index contributed by atoms with van der Waals surface area (Å²) in [5.41, 5.74) is 4.61. The van der Waals surface area contributed by atoms with Crippen molar-refractivity contribution in [2.75, 3.05) is 5.32 Å². The van der Waals surface area contributed by atoms with Crippen LogP contribution in [0.15, 0.2) is 46.9 Å². The van der Waals surface area contributed by atoms with Gasteiger partial charge >= 0.3 is 0 Å². The maximum absolute atomic E-state index is 11.8. The van der Waals surface area contributed by atoms with Gasteiger partial charge in [0.15, 0.2) is 10.7 Å². The molecular weight excluding hydrogens is 382 g/mol. The molecule has 0 aliphatic carbocycles. The molecule has 0 spiro atoms. The molecule has 1 aromatic heterocycles. The number of thiocarbonyl (C=S) groups is 1. The van der Waals surface area contributed by atoms with Crippen LogP contribution >= 0.6 is 12.2 Å². The summed E-state index contributed by atoms with van der Waals surface area (Å²) in [4.78, 5) is 16.4. The highest BCUT2D eigenvalue weighted by atomic mass is 32.1. The summed E-state index contributed by atoms with van der Waals surface area (Å²) >= 11 is 5.20. The number of amides is 1. The molecule has 0 aliphatic rings. The molecule has 3 aromatic rings. The average molecular weight is 410 g/mol. The Morgan fingerprint density at radius 1 is 1.17 bits per heavy atom. The number of aromatic nitrogens is 1. The predicted octanol–water partition coefficient (Wildman–Crippen LogP) is 6.01. The second kappa shape index (κ2) is 9.65. The number of hydrogen-bond acceptors (Lipinski definition) is 4. The Balaban J connectivity index is 1.68. The zero-order valence-corrected chi connectivity index (χ0v) is 17.9. The molecule has 0 bridgehead atoms. The van der Waals surface area contributed by atoms with E-state index in [0.29, 0.717) is 23.3 Å². The minimum Gasteiger partial charge on any atom is -0.436 e. The van der Waals surface area contributed by atoms with Crippen molar-refractivity contribution in [1.29, 1.82) is 0 Å². The molecule has 2 aromatic carbocycles. The molecule has 3 rings (SSSR count). The van der Waals surface area contributed by atoms with Crippen molar-refractivity contribution in [3.8, 4) is 11.5 Å². The predicted molar refractivity (Wildman–Crippen MR) is 122 cm³/mol. The lowest BCUT2D eigenvalue weighted by Gasteiger charge is -2.09. The Bertz CT molecular complexity index is 995. The van der Waals surface area contributed by atoms with Gasteiger partial charge in [-0.3, -0.25) is 4.79 Å². The first-order valence-electron chi connectivity index (χ1n) is 10.1. The first-order valence-corrected chi connectivity index (χ1v) is 10.5. The Hall–Kier alpha value is -2.73. The first kappa shape index (κ1) is 21.0. The zero-order valence-electron chi connectivity index (χ0n) is 17.1. The summed E-state index contributed by atoms with van der Waals surface area (Å²) in [6.07, 6.45) is 3.40. The van der Waals surface area contributed by atoms with Gasteiger partial charge < -0.3 is 15.1 Å². The fourth-order valence-corrected chi connectivity index (χ4v) is 3.23. The van der Waals surface area contributed by atoms with Crippen LogP contribution in [-0.2, 0) is 4.79 Å². The molecule has 6 heteroatoms. The van der Waals surface area contributed by atoms with Crippen LogP contribution in [0.25, 0.3) is 22.6 Å². The highest BCUT2D eigenvalue weighted by Crippen LogP contribution is 2.28. The van der Waals surface area contributed by atoms with Gasteiger partial charge in [0.1, 0.15) is 5.52 Å². The second-order valence-corrected chi connectivity index (χ2v) is 7.65. The van der Waals surface area contributed by atoms with E-state index in [0.717, 1.165) is 41.6 Å². The lowest BCUT2D eigenvalue weighted by Crippen LogP contribution is -2.33. The Kier molecular flexibility index (Phi) is 6.99. The maximum Gasteiger partial charge on any atom is 0.227 e. The molecular formula is C23H27N3O2S. The van der Waals surface area contributed by atoms with Gasteiger partial charge in [-0.05, 0) is 72.9 Å². The number of unbranched alkanes of at least 4 members (excludes halogenated alkanes) is 1. The SMILES string of the molecule is CCCCC(=O)NC(=S)Nc1ccc(-c2nc3cc([C@H](C)CC)ccc3o2)cc1. The van der Waals surface area contributed by atoms with Gasteiger partial charge in [-0.15, -0.1) is 0 Å². The number of nitrogens with zero attached hydrogens (tertiary/aromatic N) is 1. The summed E-state index contributed by atoms with van der Waals surface area (Å²) in [5.74, 6) is 1.02. The summed E-state index contributed by atoms with van der Waals surface area (Å²) in [6, 6.07) is 13.8. The number of hydrogen-bond donors (Lipinski definition) is 2. The van der Waals surface area contributed by atoms with Gasteiger partial charge in [-0.25, -0.2) is 4.98 Å². The number of nitrogens with one attached hydrogen (secondary N) is 2. The number of oxazole rings is 1. The third kappa shape index (κ3) is 5.41. The van der Waals surface area contributed by atoms with Crippen LogP contribution in [0.3, 0.4) is 0 Å². The number of anilines is 1. The van der Waals surface area contributed by atoms with E-state index in [4.69, 9.17) is 16.6 Å². The number of rotatable bonds is 7. The van der Waals surface area contributed by atoms with Crippen LogP contribution in [-0.4, -0.2) is 16.0 Å². The maximum atomic E-state index is 11.8. The van der Waals surface area contributed by atoms with Crippen LogP contribution in [0.1, 0.15) is 57.9 Å². The highest BCUT2D eigenvalue weighted by molar-refractivity contribution is 7.80. The lowest BCUT2D eigenvalue weighted by atomic mass is 9.98. The molecule has 0 saturated heterocycles. The molecule has 0 saturated carbocycles. The molecule has 0 fully saturated rings. The van der Waals surface area contributed by atoms with Crippen molar-refractivity contribution in [2.45, 2.75) is 52.4 Å².